The van der Waals surface area contributed by atoms with Gasteiger partial charge in [0.1, 0.15) is 0 Å². The van der Waals surface area contributed by atoms with Gasteiger partial charge in [-0.05, 0) is 0 Å². The molecule has 1 radical (unpaired) electrons. The van der Waals surface area contributed by atoms with E-state index in [2.05, 4.69) is 24.3 Å². The molecule has 13 heavy (non-hydrogen) atoms. The molecule has 0 nitrogen and oxygen atoms in total. The fourth-order valence-corrected chi connectivity index (χ4v) is 0.680. The molecule has 71 valence electrons. The molecule has 0 aromatic carbocycles. The van der Waals surface area contributed by atoms with Crippen LogP contribution >= 0.6 is 0 Å². The summed E-state index contributed by atoms with van der Waals surface area (Å²) in [5.74, 6) is 0. The Morgan fingerprint density at radius 3 is 1.31 bits per heavy atom. The molecule has 0 saturated carbocycles. The predicted molar refractivity (Wildman–Crippen MR) is 44.3 cm³/mol. The average molecular weight is 293 g/mol. The van der Waals surface area contributed by atoms with Gasteiger partial charge in [0.15, 0.2) is 0 Å². The third-order valence-electron chi connectivity index (χ3n) is 1.17. The minimum Gasteiger partial charge on any atom is -1.00 e. The van der Waals surface area contributed by atoms with E-state index in [-0.39, 0.29) is 52.4 Å². The molecule has 0 unspecified atom stereocenters. The van der Waals surface area contributed by atoms with Crippen LogP contribution in [0.25, 0.3) is 0 Å². The molecule has 0 atom stereocenters. The second kappa shape index (κ2) is 14.9. The van der Waals surface area contributed by atoms with Gasteiger partial charge in [-0.15, -0.1) is 12.8 Å². The van der Waals surface area contributed by atoms with Crippen LogP contribution in [0, 0.1) is 12.2 Å². The maximum Gasteiger partial charge on any atom is 3.00 e. The molecule has 2 aliphatic carbocycles. The van der Waals surface area contributed by atoms with Gasteiger partial charge in [-0.3, -0.25) is 12.2 Å². The minimum atomic E-state index is 0. The Kier molecular flexibility index (Phi) is 21.9. The first-order chi connectivity index (χ1) is 5.00. The van der Waals surface area contributed by atoms with Gasteiger partial charge in [0.05, 0.1) is 0 Å². The number of allylic oxidation sites excluding steroid dienone is 8. The van der Waals surface area contributed by atoms with Crippen molar-refractivity contribution >= 4 is 0 Å². The van der Waals surface area contributed by atoms with Crippen LogP contribution in [0.5, 0.6) is 0 Å². The molecular formula is C10H11Cl2Zr-2. The standard InChI is InChI=1S/2C5H5.2ClH.Zr.H/c2*1-2-4-5-3-1;;;;/h2*1-3H,4H2;2*1H;;/q2*-1;;;+3;-1/p-2. The Balaban J connectivity index is -0.0000000556. The number of hydrogen-bond acceptors (Lipinski definition) is 0. The van der Waals surface area contributed by atoms with Gasteiger partial charge >= 0.3 is 26.2 Å². The topological polar surface area (TPSA) is 0 Å². The van der Waals surface area contributed by atoms with Crippen LogP contribution in [-0.2, 0) is 26.2 Å². The third kappa shape index (κ3) is 12.4. The molecule has 0 aromatic heterocycles. The summed E-state index contributed by atoms with van der Waals surface area (Å²) in [4.78, 5) is 0. The van der Waals surface area contributed by atoms with E-state index in [1.807, 2.05) is 24.3 Å². The van der Waals surface area contributed by atoms with E-state index < -0.39 is 0 Å². The van der Waals surface area contributed by atoms with E-state index in [0.29, 0.717) is 0 Å². The smallest absolute Gasteiger partial charge is 1.00 e. The Labute approximate surface area is 113 Å². The van der Waals surface area contributed by atoms with Crippen molar-refractivity contribution in [3.63, 3.8) is 0 Å². The number of halogens is 2. The van der Waals surface area contributed by atoms with E-state index in [1.165, 1.54) is 0 Å². The van der Waals surface area contributed by atoms with Gasteiger partial charge in [-0.1, -0.05) is 0 Å². The Morgan fingerprint density at radius 1 is 0.846 bits per heavy atom. The van der Waals surface area contributed by atoms with Crippen molar-refractivity contribution in [1.29, 1.82) is 0 Å². The fourth-order valence-electron chi connectivity index (χ4n) is 0.680. The maximum absolute atomic E-state index is 2.99. The van der Waals surface area contributed by atoms with Crippen molar-refractivity contribution in [3.8, 4) is 0 Å². The van der Waals surface area contributed by atoms with Crippen molar-refractivity contribution in [2.75, 3.05) is 0 Å². The molecule has 0 fully saturated rings. The summed E-state index contributed by atoms with van der Waals surface area (Å²) in [6, 6.07) is 0. The van der Waals surface area contributed by atoms with Gasteiger partial charge in [-0.2, -0.15) is 12.2 Å². The normalized spacial score (nSPS) is 13.5. The molecule has 0 aromatic rings. The summed E-state index contributed by atoms with van der Waals surface area (Å²) in [5.41, 5.74) is 0. The van der Waals surface area contributed by atoms with Crippen LogP contribution in [0.1, 0.15) is 14.3 Å². The molecule has 0 bridgehead atoms. The molecular weight excluding hydrogens is 282 g/mol. The Morgan fingerprint density at radius 2 is 1.23 bits per heavy atom. The molecule has 0 N–H and O–H groups in total. The molecule has 0 heterocycles. The van der Waals surface area contributed by atoms with Crippen molar-refractivity contribution in [2.45, 2.75) is 12.8 Å². The van der Waals surface area contributed by atoms with Gasteiger partial charge in [0.2, 0.25) is 0 Å². The van der Waals surface area contributed by atoms with E-state index in [4.69, 9.17) is 0 Å². The third-order valence-corrected chi connectivity index (χ3v) is 1.17. The van der Waals surface area contributed by atoms with E-state index in [9.17, 15) is 0 Å². The van der Waals surface area contributed by atoms with Crippen LogP contribution in [0.3, 0.4) is 0 Å². The van der Waals surface area contributed by atoms with Gasteiger partial charge in [0.25, 0.3) is 0 Å². The van der Waals surface area contributed by atoms with E-state index in [0.717, 1.165) is 12.8 Å². The number of rotatable bonds is 0. The summed E-state index contributed by atoms with van der Waals surface area (Å²) in [7, 11) is 0. The number of hydrogen-bond donors (Lipinski definition) is 0. The zero-order valence-corrected chi connectivity index (χ0v) is 11.1. The van der Waals surface area contributed by atoms with Gasteiger partial charge in [-0.25, -0.2) is 24.3 Å². The van der Waals surface area contributed by atoms with Gasteiger partial charge < -0.3 is 26.2 Å². The van der Waals surface area contributed by atoms with Crippen LogP contribution in [0.2, 0.25) is 0 Å². The first-order valence-corrected chi connectivity index (χ1v) is 3.43. The first kappa shape index (κ1) is 19.1. The summed E-state index contributed by atoms with van der Waals surface area (Å²) in [6.45, 7) is 0. The van der Waals surface area contributed by atoms with Crippen molar-refractivity contribution < 1.29 is 52.4 Å². The van der Waals surface area contributed by atoms with Crippen molar-refractivity contribution in [3.05, 3.63) is 48.6 Å². The molecule has 0 amide bonds. The van der Waals surface area contributed by atoms with E-state index in [1.54, 1.807) is 0 Å². The van der Waals surface area contributed by atoms with Crippen LogP contribution in [0.4, 0.5) is 0 Å². The zero-order chi connectivity index (χ0) is 7.07. The molecule has 3 heteroatoms. The van der Waals surface area contributed by atoms with Gasteiger partial charge in [0, 0.05) is 0 Å². The minimum absolute atomic E-state index is 0. The van der Waals surface area contributed by atoms with Crippen LogP contribution in [-0.4, -0.2) is 0 Å². The zero-order valence-electron chi connectivity index (χ0n) is 8.13. The summed E-state index contributed by atoms with van der Waals surface area (Å²) in [5, 5.41) is 0. The molecule has 2 aliphatic rings. The maximum atomic E-state index is 2.99. The summed E-state index contributed by atoms with van der Waals surface area (Å²) in [6.07, 6.45) is 20.0. The second-order valence-electron chi connectivity index (χ2n) is 2.01. The fraction of sp³-hybridized carbons (Fsp3) is 0.200. The monoisotopic (exact) mass is 291 g/mol. The Hall–Kier alpha value is 0.423. The molecule has 2 rings (SSSR count). The summed E-state index contributed by atoms with van der Waals surface area (Å²) >= 11 is 0. The first-order valence-electron chi connectivity index (χ1n) is 3.43. The SMILES string of the molecule is [C-]1=CC=CC1.[C-]1=CC=CC1.[Cl-].[Cl-].[H-].[Zr+3]. The largest absolute Gasteiger partial charge is 3.00 e. The van der Waals surface area contributed by atoms with Crippen molar-refractivity contribution in [2.24, 2.45) is 0 Å². The molecule has 0 spiro atoms. The molecule has 0 aliphatic heterocycles. The second-order valence-corrected chi connectivity index (χ2v) is 2.01. The quantitative estimate of drug-likeness (QED) is 0.411. The van der Waals surface area contributed by atoms with E-state index >= 15 is 0 Å². The Bertz CT molecular complexity index is 156. The van der Waals surface area contributed by atoms with Crippen molar-refractivity contribution in [1.82, 2.24) is 0 Å². The average Bonchev–Trinajstić information content (AvgIpc) is 2.67. The molecule has 0 saturated heterocycles. The van der Waals surface area contributed by atoms with Crippen LogP contribution < -0.4 is 24.8 Å². The predicted octanol–water partition coefficient (Wildman–Crippen LogP) is -3.27. The van der Waals surface area contributed by atoms with Crippen LogP contribution in [0.15, 0.2) is 36.5 Å². The summed E-state index contributed by atoms with van der Waals surface area (Å²) < 4.78 is 0.